The minimum absolute atomic E-state index is 0.0393. The maximum Gasteiger partial charge on any atom is 0.368 e. The molecule has 188 valence electrons. The van der Waals surface area contributed by atoms with Gasteiger partial charge in [0.05, 0.1) is 11.9 Å². The van der Waals surface area contributed by atoms with E-state index >= 15 is 0 Å². The van der Waals surface area contributed by atoms with E-state index in [2.05, 4.69) is 70.7 Å². The van der Waals surface area contributed by atoms with Gasteiger partial charge in [-0.25, -0.2) is 14.2 Å². The van der Waals surface area contributed by atoms with Crippen LogP contribution in [-0.4, -0.2) is 58.8 Å². The van der Waals surface area contributed by atoms with Crippen LogP contribution in [0.4, 0.5) is 21.8 Å². The number of hydrogen-bond acceptors (Lipinski definition) is 8. The van der Waals surface area contributed by atoms with Crippen molar-refractivity contribution in [2.75, 3.05) is 17.7 Å². The first kappa shape index (κ1) is 25.1. The first-order chi connectivity index (χ1) is 16.3. The maximum absolute atomic E-state index is 14.7. The predicted octanol–water partition coefficient (Wildman–Crippen LogP) is 3.66. The molecular formula is C23H31ClFN9O. The summed E-state index contributed by atoms with van der Waals surface area (Å²) in [5, 5.41) is 14.4. The number of likely N-dealkylation sites (tertiary alicyclic amines) is 1. The molecule has 12 heteroatoms. The summed E-state index contributed by atoms with van der Waals surface area (Å²) in [7, 11) is 3.64. The zero-order chi connectivity index (χ0) is 25.7. The monoisotopic (exact) mass is 503 g/mol. The van der Waals surface area contributed by atoms with E-state index in [9.17, 15) is 9.18 Å². The number of halogens is 2. The maximum atomic E-state index is 14.7. The largest absolute Gasteiger partial charge is 0.368 e. The van der Waals surface area contributed by atoms with Crippen LogP contribution in [0.3, 0.4) is 0 Å². The third kappa shape index (κ3) is 4.87. The summed E-state index contributed by atoms with van der Waals surface area (Å²) in [5.41, 5.74) is 1.13. The van der Waals surface area contributed by atoms with Crippen molar-refractivity contribution in [1.29, 1.82) is 0 Å². The van der Waals surface area contributed by atoms with Gasteiger partial charge in [-0.15, -0.1) is 0 Å². The third-order valence-corrected chi connectivity index (χ3v) is 7.31. The lowest BCUT2D eigenvalue weighted by molar-refractivity contribution is -0.00778. The van der Waals surface area contributed by atoms with Crippen LogP contribution >= 0.6 is 11.6 Å². The van der Waals surface area contributed by atoms with Crippen molar-refractivity contribution in [2.45, 2.75) is 64.6 Å². The summed E-state index contributed by atoms with van der Waals surface area (Å²) in [6.45, 7) is 10.5. The van der Waals surface area contributed by atoms with Crippen LogP contribution in [0.1, 0.15) is 46.1 Å². The Hall–Kier alpha value is -3.05. The first-order valence-electron chi connectivity index (χ1n) is 11.4. The Labute approximate surface area is 208 Å². The molecule has 3 aromatic rings. The molecule has 2 N–H and O–H groups in total. The van der Waals surface area contributed by atoms with E-state index in [1.165, 1.54) is 7.05 Å². The van der Waals surface area contributed by atoms with Gasteiger partial charge in [-0.1, -0.05) is 11.6 Å². The second kappa shape index (κ2) is 8.87. The van der Waals surface area contributed by atoms with Crippen LogP contribution in [-0.2, 0) is 7.05 Å². The highest BCUT2D eigenvalue weighted by Gasteiger charge is 2.43. The van der Waals surface area contributed by atoms with Gasteiger partial charge in [-0.05, 0) is 82.6 Å². The molecule has 4 rings (SSSR count). The number of hydrogen-bond donors (Lipinski definition) is 2. The van der Waals surface area contributed by atoms with Crippen LogP contribution in [0, 0.1) is 12.7 Å². The van der Waals surface area contributed by atoms with Gasteiger partial charge in [-0.3, -0.25) is 4.90 Å². The van der Waals surface area contributed by atoms with E-state index in [0.29, 0.717) is 22.0 Å². The van der Waals surface area contributed by atoms with E-state index in [1.807, 2.05) is 0 Å². The molecule has 35 heavy (non-hydrogen) atoms. The number of benzene rings is 1. The summed E-state index contributed by atoms with van der Waals surface area (Å²) < 4.78 is 17.0. The Morgan fingerprint density at radius 2 is 1.77 bits per heavy atom. The second-order valence-electron chi connectivity index (χ2n) is 10.3. The molecule has 0 bridgehead atoms. The SMILES string of the molecule is Cc1c(Cl)cc(Nc2ncc(F)c(NC3CC(C)(C)N(C)C(C)(C)C3)n2)cc1-n1nnn(C)c1=O. The van der Waals surface area contributed by atoms with Gasteiger partial charge in [0.25, 0.3) is 0 Å². The lowest BCUT2D eigenvalue weighted by Gasteiger charge is -2.53. The summed E-state index contributed by atoms with van der Waals surface area (Å²) in [6.07, 6.45) is 2.80. The summed E-state index contributed by atoms with van der Waals surface area (Å²) in [5.74, 6) is -0.205. The highest BCUT2D eigenvalue weighted by atomic mass is 35.5. The number of aryl methyl sites for hydroxylation is 1. The van der Waals surface area contributed by atoms with Crippen molar-refractivity contribution in [1.82, 2.24) is 34.7 Å². The average Bonchev–Trinajstić information content (AvgIpc) is 3.09. The van der Waals surface area contributed by atoms with Crippen LogP contribution < -0.4 is 16.3 Å². The van der Waals surface area contributed by atoms with Gasteiger partial charge < -0.3 is 10.6 Å². The fourth-order valence-corrected chi connectivity index (χ4v) is 4.96. The molecule has 2 aromatic heterocycles. The molecule has 1 fully saturated rings. The molecule has 0 amide bonds. The van der Waals surface area contributed by atoms with E-state index in [1.54, 1.807) is 19.1 Å². The highest BCUT2D eigenvalue weighted by Crippen LogP contribution is 2.38. The summed E-state index contributed by atoms with van der Waals surface area (Å²) in [4.78, 5) is 23.2. The van der Waals surface area contributed by atoms with E-state index in [4.69, 9.17) is 11.6 Å². The summed E-state index contributed by atoms with van der Waals surface area (Å²) in [6, 6.07) is 3.42. The Bertz CT molecular complexity index is 1300. The molecule has 1 saturated heterocycles. The molecule has 10 nitrogen and oxygen atoms in total. The molecule has 3 heterocycles. The average molecular weight is 504 g/mol. The van der Waals surface area contributed by atoms with Crippen molar-refractivity contribution in [3.63, 3.8) is 0 Å². The van der Waals surface area contributed by atoms with Crippen LogP contribution in [0.25, 0.3) is 5.69 Å². The molecule has 0 spiro atoms. The van der Waals surface area contributed by atoms with Gasteiger partial charge in [-0.2, -0.15) is 14.3 Å². The predicted molar refractivity (Wildman–Crippen MR) is 134 cm³/mol. The summed E-state index contributed by atoms with van der Waals surface area (Å²) >= 11 is 6.42. The topological polar surface area (TPSA) is 106 Å². The number of nitrogens with one attached hydrogen (secondary N) is 2. The van der Waals surface area contributed by atoms with E-state index < -0.39 is 11.5 Å². The van der Waals surface area contributed by atoms with Gasteiger partial charge in [0.15, 0.2) is 11.6 Å². The smallest absolute Gasteiger partial charge is 0.365 e. The van der Waals surface area contributed by atoms with Crippen molar-refractivity contribution < 1.29 is 4.39 Å². The number of piperidine rings is 1. The molecule has 0 saturated carbocycles. The van der Waals surface area contributed by atoms with E-state index in [-0.39, 0.29) is 28.9 Å². The molecule has 1 aromatic carbocycles. The fourth-order valence-electron chi connectivity index (χ4n) is 4.75. The number of tetrazole rings is 1. The Morgan fingerprint density at radius 1 is 1.11 bits per heavy atom. The molecule has 0 unspecified atom stereocenters. The fraction of sp³-hybridized carbons (Fsp3) is 0.522. The quantitative estimate of drug-likeness (QED) is 0.543. The first-order valence-corrected chi connectivity index (χ1v) is 11.8. The Kier molecular flexibility index (Phi) is 6.35. The van der Waals surface area contributed by atoms with Gasteiger partial charge in [0, 0.05) is 34.9 Å². The number of anilines is 3. The molecule has 0 atom stereocenters. The van der Waals surface area contributed by atoms with Crippen LogP contribution in [0.15, 0.2) is 23.1 Å². The van der Waals surface area contributed by atoms with Gasteiger partial charge in [0.1, 0.15) is 0 Å². The van der Waals surface area contributed by atoms with E-state index in [0.717, 1.165) is 28.4 Å². The lowest BCUT2D eigenvalue weighted by Crippen LogP contribution is -2.61. The molecule has 0 radical (unpaired) electrons. The van der Waals surface area contributed by atoms with Crippen LogP contribution in [0.2, 0.25) is 5.02 Å². The minimum atomic E-state index is -0.529. The van der Waals surface area contributed by atoms with Gasteiger partial charge in [0.2, 0.25) is 5.95 Å². The minimum Gasteiger partial charge on any atom is -0.365 e. The zero-order valence-corrected chi connectivity index (χ0v) is 21.8. The third-order valence-electron chi connectivity index (χ3n) is 6.92. The molecule has 1 aliphatic heterocycles. The Balaban J connectivity index is 1.61. The number of rotatable bonds is 5. The van der Waals surface area contributed by atoms with Crippen molar-refractivity contribution in [2.24, 2.45) is 7.05 Å². The van der Waals surface area contributed by atoms with Gasteiger partial charge >= 0.3 is 5.69 Å². The Morgan fingerprint density at radius 3 is 2.37 bits per heavy atom. The second-order valence-corrected chi connectivity index (χ2v) is 10.8. The molecule has 0 aliphatic carbocycles. The molecule has 1 aliphatic rings. The molecular weight excluding hydrogens is 473 g/mol. The number of aromatic nitrogens is 6. The van der Waals surface area contributed by atoms with Crippen molar-refractivity contribution >= 4 is 29.1 Å². The lowest BCUT2D eigenvalue weighted by atomic mass is 9.77. The standard InChI is InChI=1S/C23H31ClFN9O/c1-13-16(24)8-14(9-18(13)34-21(35)32(6)30-31-34)28-20-26-12-17(25)19(29-20)27-15-10-22(2,3)33(7)23(4,5)11-15/h8-9,12,15H,10-11H2,1-7H3,(H2,26,27,28,29). The number of nitrogens with zero attached hydrogens (tertiary/aromatic N) is 7. The zero-order valence-electron chi connectivity index (χ0n) is 21.0. The van der Waals surface area contributed by atoms with Crippen molar-refractivity contribution in [3.05, 3.63) is 45.2 Å². The van der Waals surface area contributed by atoms with Crippen molar-refractivity contribution in [3.8, 4) is 5.69 Å². The highest BCUT2D eigenvalue weighted by molar-refractivity contribution is 6.31. The normalized spacial score (nSPS) is 18.0. The van der Waals surface area contributed by atoms with Crippen LogP contribution in [0.5, 0.6) is 0 Å².